The first kappa shape index (κ1) is 40.8. The molecule has 288 valence electrons. The second-order valence-electron chi connectivity index (χ2n) is 16.5. The fraction of sp³-hybridized carbons (Fsp3) is 0.811. The van der Waals surface area contributed by atoms with Gasteiger partial charge in [-0.2, -0.15) is 0 Å². The van der Waals surface area contributed by atoms with Crippen LogP contribution in [-0.2, 0) is 33.8 Å². The number of rotatable bonds is 14. The Labute approximate surface area is 304 Å². The smallest absolute Gasteiger partial charge is 0.315 e. The van der Waals surface area contributed by atoms with Gasteiger partial charge in [-0.1, -0.05) is 79.7 Å². The monoisotopic (exact) mass is 735 g/mol. The SMILES string of the molecule is C=CCNC(=O)C(=O)C(CCCC)NC(=O)C1C2C(CC2C(C)C)CN1C(=O)C(NC(=O)NC1(C2COCCS2(=O)=O)CCCCC1)C(C)(C)C. The number of fused-ring (bicyclic) bond motifs is 1. The summed E-state index contributed by atoms with van der Waals surface area (Å²) in [7, 11) is -3.52. The fourth-order valence-corrected chi connectivity index (χ4v) is 10.6. The Morgan fingerprint density at radius 3 is 2.33 bits per heavy atom. The lowest BCUT2D eigenvalue weighted by molar-refractivity contribution is -0.145. The molecule has 7 atom stereocenters. The third-order valence-electron chi connectivity index (χ3n) is 11.6. The average Bonchev–Trinajstić information content (AvgIpc) is 3.34. The maximum absolute atomic E-state index is 14.7. The summed E-state index contributed by atoms with van der Waals surface area (Å²) in [6.45, 7) is 15.8. The highest BCUT2D eigenvalue weighted by Gasteiger charge is 2.59. The van der Waals surface area contributed by atoms with Crippen LogP contribution in [0.3, 0.4) is 0 Å². The minimum Gasteiger partial charge on any atom is -0.379 e. The summed E-state index contributed by atoms with van der Waals surface area (Å²) in [5.41, 5.74) is -1.80. The van der Waals surface area contributed by atoms with Crippen LogP contribution < -0.4 is 21.3 Å². The molecule has 0 aromatic carbocycles. The molecule has 4 N–H and O–H groups in total. The highest BCUT2D eigenvalue weighted by Crippen LogP contribution is 2.52. The van der Waals surface area contributed by atoms with E-state index in [1.807, 2.05) is 27.7 Å². The lowest BCUT2D eigenvalue weighted by atomic mass is 9.60. The Kier molecular flexibility index (Phi) is 13.4. The van der Waals surface area contributed by atoms with Crippen molar-refractivity contribution in [3.05, 3.63) is 12.7 Å². The van der Waals surface area contributed by atoms with Gasteiger partial charge in [-0.05, 0) is 54.8 Å². The molecular weight excluding hydrogens is 675 g/mol. The van der Waals surface area contributed by atoms with Gasteiger partial charge in [0.25, 0.3) is 5.91 Å². The number of unbranched alkanes of at least 4 members (excludes halogenated alkanes) is 1. The Morgan fingerprint density at radius 1 is 1.06 bits per heavy atom. The molecule has 2 saturated carbocycles. The van der Waals surface area contributed by atoms with Crippen molar-refractivity contribution in [1.82, 2.24) is 26.2 Å². The van der Waals surface area contributed by atoms with E-state index in [0.29, 0.717) is 25.8 Å². The minimum atomic E-state index is -3.52. The lowest BCUT2D eigenvalue weighted by Crippen LogP contribution is -2.67. The van der Waals surface area contributed by atoms with E-state index in [1.54, 1.807) is 4.90 Å². The van der Waals surface area contributed by atoms with E-state index in [0.717, 1.165) is 32.1 Å². The molecule has 51 heavy (non-hydrogen) atoms. The van der Waals surface area contributed by atoms with Crippen LogP contribution >= 0.6 is 0 Å². The summed E-state index contributed by atoms with van der Waals surface area (Å²) in [4.78, 5) is 70.3. The molecule has 4 aliphatic rings. The zero-order valence-electron chi connectivity index (χ0n) is 31.4. The van der Waals surface area contributed by atoms with Gasteiger partial charge >= 0.3 is 6.03 Å². The molecule has 2 saturated heterocycles. The van der Waals surface area contributed by atoms with Crippen LogP contribution in [0, 0.1) is 29.1 Å². The predicted molar refractivity (Wildman–Crippen MR) is 194 cm³/mol. The molecule has 13 nitrogen and oxygen atoms in total. The minimum absolute atomic E-state index is 0.00623. The molecule has 0 spiro atoms. The van der Waals surface area contributed by atoms with Crippen molar-refractivity contribution in [1.29, 1.82) is 0 Å². The second-order valence-corrected chi connectivity index (χ2v) is 18.8. The number of ketones is 1. The molecule has 0 bridgehead atoms. The third-order valence-corrected chi connectivity index (χ3v) is 13.8. The van der Waals surface area contributed by atoms with Gasteiger partial charge in [-0.25, -0.2) is 13.2 Å². The van der Waals surface area contributed by atoms with Crippen molar-refractivity contribution >= 4 is 39.4 Å². The topological polar surface area (TPSA) is 180 Å². The van der Waals surface area contributed by atoms with Gasteiger partial charge in [0, 0.05) is 13.1 Å². The zero-order chi connectivity index (χ0) is 37.7. The summed E-state index contributed by atoms with van der Waals surface area (Å²) in [5, 5.41) is 10.4. The second kappa shape index (κ2) is 16.8. The number of Topliss-reactive ketones (excluding diaryl/α,β-unsaturated/α-hetero) is 1. The summed E-state index contributed by atoms with van der Waals surface area (Å²) in [5.74, 6) is -2.16. The Morgan fingerprint density at radius 2 is 1.75 bits per heavy atom. The number of ether oxygens (including phenoxy) is 1. The molecule has 2 aliphatic carbocycles. The van der Waals surface area contributed by atoms with Gasteiger partial charge in [0.2, 0.25) is 17.6 Å². The molecule has 0 aromatic rings. The number of nitrogens with zero attached hydrogens (tertiary/aromatic N) is 1. The number of hydrogen-bond donors (Lipinski definition) is 4. The highest BCUT2D eigenvalue weighted by atomic mass is 32.2. The normalized spacial score (nSPS) is 28.0. The summed E-state index contributed by atoms with van der Waals surface area (Å²) in [6, 6.07) is -3.62. The molecule has 14 heteroatoms. The van der Waals surface area contributed by atoms with Crippen LogP contribution in [0.4, 0.5) is 4.79 Å². The van der Waals surface area contributed by atoms with E-state index >= 15 is 0 Å². The molecule has 0 aromatic heterocycles. The lowest BCUT2D eigenvalue weighted by Gasteiger charge is -2.45. The van der Waals surface area contributed by atoms with Gasteiger partial charge in [-0.3, -0.25) is 19.2 Å². The quantitative estimate of drug-likeness (QED) is 0.155. The number of amides is 5. The first-order valence-electron chi connectivity index (χ1n) is 18.9. The first-order chi connectivity index (χ1) is 24.0. The maximum Gasteiger partial charge on any atom is 0.315 e. The molecule has 7 unspecified atom stereocenters. The van der Waals surface area contributed by atoms with Crippen molar-refractivity contribution in [2.24, 2.45) is 29.1 Å². The van der Waals surface area contributed by atoms with Crippen molar-refractivity contribution < 1.29 is 37.1 Å². The zero-order valence-corrected chi connectivity index (χ0v) is 32.2. The fourth-order valence-electron chi connectivity index (χ4n) is 8.72. The molecule has 5 amide bonds. The largest absolute Gasteiger partial charge is 0.379 e. The maximum atomic E-state index is 14.7. The number of sulfone groups is 1. The molecule has 4 fully saturated rings. The van der Waals surface area contributed by atoms with E-state index < -0.39 is 73.7 Å². The third kappa shape index (κ3) is 9.15. The summed E-state index contributed by atoms with van der Waals surface area (Å²) < 4.78 is 32.1. The van der Waals surface area contributed by atoms with E-state index in [9.17, 15) is 32.4 Å². The van der Waals surface area contributed by atoms with Crippen molar-refractivity contribution in [2.75, 3.05) is 32.1 Å². The standard InChI is InChI=1S/C37H61N5O8S/c1-8-10-14-26(30(43)33(45)38-17-9-2)39-32(44)29-28-24(20-25(28)23(3)4)21-42(29)34(46)31(36(5,6)7)40-35(47)41-37(15-12-11-13-16-37)27-22-50-18-19-51(27,48)49/h9,23-29,31H,2,8,10-22H2,1,3-7H3,(H,38,45)(H,39,44)(H2,40,41,47). The van der Waals surface area contributed by atoms with Crippen molar-refractivity contribution in [2.45, 2.75) is 128 Å². The van der Waals surface area contributed by atoms with Gasteiger partial charge in [0.15, 0.2) is 9.84 Å². The van der Waals surface area contributed by atoms with Crippen LogP contribution in [0.5, 0.6) is 0 Å². The molecule has 0 radical (unpaired) electrons. The number of hydrogen-bond acceptors (Lipinski definition) is 8. The van der Waals surface area contributed by atoms with E-state index in [2.05, 4.69) is 41.7 Å². The van der Waals surface area contributed by atoms with Crippen molar-refractivity contribution in [3.8, 4) is 0 Å². The molecular formula is C37H61N5O8S. The average molecular weight is 736 g/mol. The van der Waals surface area contributed by atoms with Crippen molar-refractivity contribution in [3.63, 3.8) is 0 Å². The Hall–Kier alpha value is -3.00. The number of nitrogens with one attached hydrogen (secondary N) is 4. The van der Waals surface area contributed by atoms with Crippen LogP contribution in [0.1, 0.15) is 99.3 Å². The number of urea groups is 1. The summed E-state index contributed by atoms with van der Waals surface area (Å²) in [6.07, 6.45) is 7.39. The first-order valence-corrected chi connectivity index (χ1v) is 20.6. The van der Waals surface area contributed by atoms with E-state index in [4.69, 9.17) is 4.74 Å². The molecule has 4 rings (SSSR count). The van der Waals surface area contributed by atoms with Crippen LogP contribution in [0.15, 0.2) is 12.7 Å². The number of carbonyl (C=O) groups excluding carboxylic acids is 5. The van der Waals surface area contributed by atoms with Crippen LogP contribution in [0.25, 0.3) is 0 Å². The van der Waals surface area contributed by atoms with Gasteiger partial charge in [0.05, 0.1) is 30.5 Å². The molecule has 2 aliphatic heterocycles. The van der Waals surface area contributed by atoms with Gasteiger partial charge in [0.1, 0.15) is 17.3 Å². The number of carbonyl (C=O) groups is 5. The van der Waals surface area contributed by atoms with Gasteiger partial charge in [-0.15, -0.1) is 6.58 Å². The van der Waals surface area contributed by atoms with E-state index in [1.165, 1.54) is 6.08 Å². The predicted octanol–water partition coefficient (Wildman–Crippen LogP) is 2.88. The Balaban J connectivity index is 1.60. The highest BCUT2D eigenvalue weighted by molar-refractivity contribution is 7.92. The Bertz CT molecular complexity index is 1420. The molecule has 2 heterocycles. The number of likely N-dealkylation sites (tertiary alicyclic amines) is 1. The van der Waals surface area contributed by atoms with Crippen LogP contribution in [-0.4, -0.2) is 104 Å². The summed E-state index contributed by atoms with van der Waals surface area (Å²) >= 11 is 0. The van der Waals surface area contributed by atoms with Gasteiger partial charge < -0.3 is 30.9 Å². The van der Waals surface area contributed by atoms with Crippen LogP contribution in [0.2, 0.25) is 0 Å². The van der Waals surface area contributed by atoms with E-state index in [-0.39, 0.29) is 55.6 Å².